The number of likely N-dealkylation sites (tertiary alicyclic amines) is 1. The fourth-order valence-electron chi connectivity index (χ4n) is 2.60. The van der Waals surface area contributed by atoms with Gasteiger partial charge in [-0.05, 0) is 37.8 Å². The second-order valence-corrected chi connectivity index (χ2v) is 6.41. The van der Waals surface area contributed by atoms with E-state index in [0.717, 1.165) is 25.0 Å². The Labute approximate surface area is 118 Å². The summed E-state index contributed by atoms with van der Waals surface area (Å²) < 4.78 is 5.57. The first kappa shape index (κ1) is 16.6. The molecular formula is C16H31NO2. The van der Waals surface area contributed by atoms with E-state index in [1.54, 1.807) is 0 Å². The summed E-state index contributed by atoms with van der Waals surface area (Å²) in [6.07, 6.45) is 3.21. The monoisotopic (exact) mass is 269 g/mol. The molecule has 1 saturated heterocycles. The van der Waals surface area contributed by atoms with Crippen LogP contribution in [0.4, 0.5) is 0 Å². The van der Waals surface area contributed by atoms with E-state index in [0.29, 0.717) is 18.8 Å². The third kappa shape index (κ3) is 6.53. The highest BCUT2D eigenvalue weighted by Gasteiger charge is 2.20. The highest BCUT2D eigenvalue weighted by Crippen LogP contribution is 2.23. The molecule has 0 spiro atoms. The summed E-state index contributed by atoms with van der Waals surface area (Å²) in [7, 11) is 0. The van der Waals surface area contributed by atoms with Gasteiger partial charge in [0.1, 0.15) is 5.78 Å². The van der Waals surface area contributed by atoms with Crippen LogP contribution in [0.15, 0.2) is 0 Å². The summed E-state index contributed by atoms with van der Waals surface area (Å²) in [6, 6.07) is 0. The topological polar surface area (TPSA) is 29.5 Å². The molecule has 0 aromatic carbocycles. The van der Waals surface area contributed by atoms with Gasteiger partial charge in [0.15, 0.2) is 0 Å². The van der Waals surface area contributed by atoms with Crippen molar-refractivity contribution in [2.75, 3.05) is 32.8 Å². The molecule has 0 aromatic heterocycles. The minimum Gasteiger partial charge on any atom is -0.380 e. The van der Waals surface area contributed by atoms with E-state index in [4.69, 9.17) is 4.74 Å². The SMILES string of the molecule is CC(C)C(=O)CCOCCN1CCC(C(C)C)CC1. The van der Waals surface area contributed by atoms with Crippen LogP contribution in [0.1, 0.15) is 47.0 Å². The number of carbonyl (C=O) groups is 1. The number of ketones is 1. The van der Waals surface area contributed by atoms with Gasteiger partial charge in [0, 0.05) is 18.9 Å². The minimum absolute atomic E-state index is 0.138. The largest absolute Gasteiger partial charge is 0.380 e. The first-order valence-electron chi connectivity index (χ1n) is 7.83. The molecule has 3 heteroatoms. The molecule has 0 saturated carbocycles. The van der Waals surface area contributed by atoms with Gasteiger partial charge in [-0.2, -0.15) is 0 Å². The molecule has 0 amide bonds. The Morgan fingerprint density at radius 2 is 1.79 bits per heavy atom. The summed E-state index contributed by atoms with van der Waals surface area (Å²) in [5.41, 5.74) is 0. The van der Waals surface area contributed by atoms with Crippen molar-refractivity contribution < 1.29 is 9.53 Å². The van der Waals surface area contributed by atoms with Gasteiger partial charge in [-0.25, -0.2) is 0 Å². The molecule has 0 N–H and O–H groups in total. The maximum Gasteiger partial charge on any atom is 0.137 e. The van der Waals surface area contributed by atoms with E-state index in [-0.39, 0.29) is 5.92 Å². The third-order valence-corrected chi connectivity index (χ3v) is 4.26. The molecule has 0 atom stereocenters. The van der Waals surface area contributed by atoms with Crippen LogP contribution in [0.2, 0.25) is 0 Å². The molecule has 1 fully saturated rings. The number of piperidine rings is 1. The molecule has 0 aliphatic carbocycles. The van der Waals surface area contributed by atoms with Crippen LogP contribution >= 0.6 is 0 Å². The van der Waals surface area contributed by atoms with Crippen LogP contribution in [-0.2, 0) is 9.53 Å². The highest BCUT2D eigenvalue weighted by atomic mass is 16.5. The summed E-state index contributed by atoms with van der Waals surface area (Å²) in [5, 5.41) is 0. The molecule has 0 aromatic rings. The zero-order valence-corrected chi connectivity index (χ0v) is 13.2. The highest BCUT2D eigenvalue weighted by molar-refractivity contribution is 5.80. The van der Waals surface area contributed by atoms with E-state index in [1.165, 1.54) is 25.9 Å². The van der Waals surface area contributed by atoms with Crippen molar-refractivity contribution in [2.45, 2.75) is 47.0 Å². The first-order valence-corrected chi connectivity index (χ1v) is 7.83. The van der Waals surface area contributed by atoms with Gasteiger partial charge in [0.05, 0.1) is 13.2 Å². The number of nitrogens with zero attached hydrogens (tertiary/aromatic N) is 1. The number of Topliss-reactive ketones (excluding diaryl/α,β-unsaturated/α-hetero) is 1. The summed E-state index contributed by atoms with van der Waals surface area (Å²) >= 11 is 0. The lowest BCUT2D eigenvalue weighted by atomic mass is 9.87. The Morgan fingerprint density at radius 3 is 2.32 bits per heavy atom. The lowest BCUT2D eigenvalue weighted by molar-refractivity contribution is -0.123. The smallest absolute Gasteiger partial charge is 0.137 e. The second kappa shape index (κ2) is 8.70. The molecular weight excluding hydrogens is 238 g/mol. The van der Waals surface area contributed by atoms with Crippen molar-refractivity contribution in [1.82, 2.24) is 4.90 Å². The van der Waals surface area contributed by atoms with E-state index >= 15 is 0 Å². The fraction of sp³-hybridized carbons (Fsp3) is 0.938. The van der Waals surface area contributed by atoms with Crippen LogP contribution in [0.25, 0.3) is 0 Å². The van der Waals surface area contributed by atoms with Crippen molar-refractivity contribution in [2.24, 2.45) is 17.8 Å². The quantitative estimate of drug-likeness (QED) is 0.634. The Morgan fingerprint density at radius 1 is 1.16 bits per heavy atom. The fourth-order valence-corrected chi connectivity index (χ4v) is 2.60. The van der Waals surface area contributed by atoms with Gasteiger partial charge in [-0.1, -0.05) is 27.7 Å². The third-order valence-electron chi connectivity index (χ3n) is 4.26. The zero-order valence-electron chi connectivity index (χ0n) is 13.2. The lowest BCUT2D eigenvalue weighted by Crippen LogP contribution is -2.37. The Balaban J connectivity index is 2.01. The molecule has 112 valence electrons. The van der Waals surface area contributed by atoms with Crippen molar-refractivity contribution in [3.05, 3.63) is 0 Å². The van der Waals surface area contributed by atoms with E-state index in [2.05, 4.69) is 18.7 Å². The van der Waals surface area contributed by atoms with Gasteiger partial charge >= 0.3 is 0 Å². The molecule has 1 aliphatic rings. The van der Waals surface area contributed by atoms with Crippen LogP contribution in [0.5, 0.6) is 0 Å². The molecule has 1 heterocycles. The van der Waals surface area contributed by atoms with Crippen LogP contribution in [0.3, 0.4) is 0 Å². The van der Waals surface area contributed by atoms with Gasteiger partial charge < -0.3 is 9.64 Å². The first-order chi connectivity index (χ1) is 9.00. The predicted octanol–water partition coefficient (Wildman–Crippen LogP) is 2.99. The van der Waals surface area contributed by atoms with E-state index in [9.17, 15) is 4.79 Å². The molecule has 1 aliphatic heterocycles. The van der Waals surface area contributed by atoms with Crippen molar-refractivity contribution in [3.8, 4) is 0 Å². The Kier molecular flexibility index (Phi) is 7.62. The summed E-state index contributed by atoms with van der Waals surface area (Å²) in [6.45, 7) is 13.3. The van der Waals surface area contributed by atoms with E-state index < -0.39 is 0 Å². The number of carbonyl (C=O) groups excluding carboxylic acids is 1. The average Bonchev–Trinajstić information content (AvgIpc) is 2.38. The number of rotatable bonds is 8. The van der Waals surface area contributed by atoms with E-state index in [1.807, 2.05) is 13.8 Å². The van der Waals surface area contributed by atoms with Gasteiger partial charge in [-0.3, -0.25) is 4.79 Å². The van der Waals surface area contributed by atoms with Gasteiger partial charge in [-0.15, -0.1) is 0 Å². The molecule has 0 bridgehead atoms. The van der Waals surface area contributed by atoms with Crippen LogP contribution < -0.4 is 0 Å². The number of hydrogen-bond acceptors (Lipinski definition) is 3. The van der Waals surface area contributed by atoms with Gasteiger partial charge in [0.2, 0.25) is 0 Å². The number of ether oxygens (including phenoxy) is 1. The normalized spacial score (nSPS) is 18.4. The molecule has 0 unspecified atom stereocenters. The van der Waals surface area contributed by atoms with Crippen molar-refractivity contribution in [3.63, 3.8) is 0 Å². The lowest BCUT2D eigenvalue weighted by Gasteiger charge is -2.33. The number of hydrogen-bond donors (Lipinski definition) is 0. The maximum atomic E-state index is 11.4. The van der Waals surface area contributed by atoms with Crippen LogP contribution in [0, 0.1) is 17.8 Å². The molecule has 0 radical (unpaired) electrons. The summed E-state index contributed by atoms with van der Waals surface area (Å²) in [4.78, 5) is 13.9. The molecule has 19 heavy (non-hydrogen) atoms. The van der Waals surface area contributed by atoms with Crippen molar-refractivity contribution >= 4 is 5.78 Å². The Hall–Kier alpha value is -0.410. The second-order valence-electron chi connectivity index (χ2n) is 6.41. The average molecular weight is 269 g/mol. The predicted molar refractivity (Wildman–Crippen MR) is 79.3 cm³/mol. The minimum atomic E-state index is 0.138. The standard InChI is InChI=1S/C16H31NO2/c1-13(2)15-5-8-17(9-6-15)10-12-19-11-7-16(18)14(3)4/h13-15H,5-12H2,1-4H3. The van der Waals surface area contributed by atoms with Crippen molar-refractivity contribution in [1.29, 1.82) is 0 Å². The zero-order chi connectivity index (χ0) is 14.3. The van der Waals surface area contributed by atoms with Gasteiger partial charge in [0.25, 0.3) is 0 Å². The molecule has 3 nitrogen and oxygen atoms in total. The molecule has 1 rings (SSSR count). The summed E-state index contributed by atoms with van der Waals surface area (Å²) in [5.74, 6) is 2.16. The Bertz CT molecular complexity index is 255. The van der Waals surface area contributed by atoms with Crippen LogP contribution in [-0.4, -0.2) is 43.5 Å². The maximum absolute atomic E-state index is 11.4.